The first-order chi connectivity index (χ1) is 11.0. The molecule has 0 aliphatic rings. The summed E-state index contributed by atoms with van der Waals surface area (Å²) in [5, 5.41) is 6.05. The zero-order valence-corrected chi connectivity index (χ0v) is 14.2. The van der Waals surface area contributed by atoms with Gasteiger partial charge in [0.25, 0.3) is 5.91 Å². The highest BCUT2D eigenvalue weighted by Gasteiger charge is 2.08. The van der Waals surface area contributed by atoms with Crippen molar-refractivity contribution in [2.24, 2.45) is 5.92 Å². The van der Waals surface area contributed by atoms with E-state index in [0.717, 1.165) is 17.7 Å². The number of amides is 1. The lowest BCUT2D eigenvalue weighted by Gasteiger charge is -2.09. The lowest BCUT2D eigenvalue weighted by molar-refractivity contribution is 0.0951. The first-order valence-corrected chi connectivity index (χ1v) is 7.90. The van der Waals surface area contributed by atoms with Gasteiger partial charge in [0.2, 0.25) is 5.95 Å². The maximum Gasteiger partial charge on any atom is 0.254 e. The van der Waals surface area contributed by atoms with E-state index in [4.69, 9.17) is 0 Å². The molecule has 1 heterocycles. The highest BCUT2D eigenvalue weighted by atomic mass is 16.1. The minimum atomic E-state index is -0.135. The SMILES string of the molecule is Cc1ccc(Nc2ncc(C(=O)NCCC(C)C)cn2)c(C)c1. The summed E-state index contributed by atoms with van der Waals surface area (Å²) in [6.45, 7) is 9.01. The number of aromatic nitrogens is 2. The Morgan fingerprint density at radius 1 is 1.17 bits per heavy atom. The van der Waals surface area contributed by atoms with Gasteiger partial charge in [0, 0.05) is 24.6 Å². The van der Waals surface area contributed by atoms with Crippen molar-refractivity contribution < 1.29 is 4.79 Å². The Hall–Kier alpha value is -2.43. The fourth-order valence-electron chi connectivity index (χ4n) is 2.16. The molecule has 1 amide bonds. The summed E-state index contributed by atoms with van der Waals surface area (Å²) in [5.41, 5.74) is 3.77. The van der Waals surface area contributed by atoms with E-state index in [-0.39, 0.29) is 5.91 Å². The fourth-order valence-corrected chi connectivity index (χ4v) is 2.16. The van der Waals surface area contributed by atoms with Gasteiger partial charge in [-0.05, 0) is 37.8 Å². The van der Waals surface area contributed by atoms with Crippen molar-refractivity contribution in [3.63, 3.8) is 0 Å². The van der Waals surface area contributed by atoms with Gasteiger partial charge in [-0.15, -0.1) is 0 Å². The largest absolute Gasteiger partial charge is 0.352 e. The third-order valence-electron chi connectivity index (χ3n) is 3.55. The van der Waals surface area contributed by atoms with Crippen LogP contribution in [0.15, 0.2) is 30.6 Å². The summed E-state index contributed by atoms with van der Waals surface area (Å²) in [7, 11) is 0. The second-order valence-electron chi connectivity index (χ2n) is 6.18. The summed E-state index contributed by atoms with van der Waals surface area (Å²) in [6, 6.07) is 6.13. The molecule has 23 heavy (non-hydrogen) atoms. The van der Waals surface area contributed by atoms with E-state index in [1.807, 2.05) is 19.1 Å². The first kappa shape index (κ1) is 16.9. The fraction of sp³-hybridized carbons (Fsp3) is 0.389. The molecular formula is C18H24N4O. The van der Waals surface area contributed by atoms with Crippen molar-refractivity contribution in [1.82, 2.24) is 15.3 Å². The summed E-state index contributed by atoms with van der Waals surface area (Å²) in [4.78, 5) is 20.4. The van der Waals surface area contributed by atoms with E-state index < -0.39 is 0 Å². The summed E-state index contributed by atoms with van der Waals surface area (Å²) < 4.78 is 0. The van der Waals surface area contributed by atoms with E-state index in [0.29, 0.717) is 24.0 Å². The smallest absolute Gasteiger partial charge is 0.254 e. The molecule has 0 unspecified atom stereocenters. The van der Waals surface area contributed by atoms with E-state index in [2.05, 4.69) is 47.4 Å². The highest BCUT2D eigenvalue weighted by Crippen LogP contribution is 2.19. The van der Waals surface area contributed by atoms with Gasteiger partial charge in [0.05, 0.1) is 5.56 Å². The van der Waals surface area contributed by atoms with Gasteiger partial charge in [0.15, 0.2) is 0 Å². The zero-order valence-electron chi connectivity index (χ0n) is 14.2. The lowest BCUT2D eigenvalue weighted by atomic mass is 10.1. The van der Waals surface area contributed by atoms with E-state index >= 15 is 0 Å². The van der Waals surface area contributed by atoms with Crippen molar-refractivity contribution in [1.29, 1.82) is 0 Å². The van der Waals surface area contributed by atoms with Crippen LogP contribution in [0.2, 0.25) is 0 Å². The number of hydrogen-bond acceptors (Lipinski definition) is 4. The average molecular weight is 312 g/mol. The minimum Gasteiger partial charge on any atom is -0.352 e. The molecule has 0 fully saturated rings. The highest BCUT2D eigenvalue weighted by molar-refractivity contribution is 5.93. The predicted molar refractivity (Wildman–Crippen MR) is 93.0 cm³/mol. The van der Waals surface area contributed by atoms with E-state index in [1.165, 1.54) is 5.56 Å². The maximum absolute atomic E-state index is 12.0. The summed E-state index contributed by atoms with van der Waals surface area (Å²) in [6.07, 6.45) is 4.05. The van der Waals surface area contributed by atoms with Crippen LogP contribution in [0.3, 0.4) is 0 Å². The molecule has 0 atom stereocenters. The topological polar surface area (TPSA) is 66.9 Å². The number of carbonyl (C=O) groups excluding carboxylic acids is 1. The molecule has 0 aliphatic heterocycles. The number of carbonyl (C=O) groups is 1. The first-order valence-electron chi connectivity index (χ1n) is 7.90. The van der Waals surface area contributed by atoms with Gasteiger partial charge in [-0.1, -0.05) is 31.5 Å². The number of hydrogen-bond donors (Lipinski definition) is 2. The number of nitrogens with zero attached hydrogens (tertiary/aromatic N) is 2. The van der Waals surface area contributed by atoms with Crippen molar-refractivity contribution in [2.45, 2.75) is 34.1 Å². The Balaban J connectivity index is 1.97. The maximum atomic E-state index is 12.0. The normalized spacial score (nSPS) is 10.7. The second-order valence-corrected chi connectivity index (χ2v) is 6.18. The molecule has 2 aromatic rings. The molecule has 2 N–H and O–H groups in total. The molecule has 0 spiro atoms. The van der Waals surface area contributed by atoms with Crippen LogP contribution in [-0.2, 0) is 0 Å². The Labute approximate surface area is 137 Å². The number of aryl methyl sites for hydroxylation is 2. The molecule has 0 radical (unpaired) electrons. The van der Waals surface area contributed by atoms with Crippen LogP contribution in [0.1, 0.15) is 41.8 Å². The van der Waals surface area contributed by atoms with Gasteiger partial charge in [-0.2, -0.15) is 0 Å². The van der Waals surface area contributed by atoms with Crippen molar-refractivity contribution in [3.8, 4) is 0 Å². The van der Waals surface area contributed by atoms with Crippen LogP contribution in [-0.4, -0.2) is 22.4 Å². The minimum absolute atomic E-state index is 0.135. The van der Waals surface area contributed by atoms with Crippen LogP contribution < -0.4 is 10.6 Å². The molecule has 5 nitrogen and oxygen atoms in total. The molecule has 0 saturated carbocycles. The Morgan fingerprint density at radius 2 is 1.87 bits per heavy atom. The third-order valence-corrected chi connectivity index (χ3v) is 3.55. The zero-order chi connectivity index (χ0) is 16.8. The number of rotatable bonds is 6. The number of anilines is 2. The molecular weight excluding hydrogens is 288 g/mol. The summed E-state index contributed by atoms with van der Waals surface area (Å²) >= 11 is 0. The monoisotopic (exact) mass is 312 g/mol. The van der Waals surface area contributed by atoms with Gasteiger partial charge in [-0.25, -0.2) is 9.97 Å². The molecule has 1 aromatic heterocycles. The van der Waals surface area contributed by atoms with Crippen LogP contribution in [0.25, 0.3) is 0 Å². The van der Waals surface area contributed by atoms with Gasteiger partial charge in [0.1, 0.15) is 0 Å². The third kappa shape index (κ3) is 5.06. The Kier molecular flexibility index (Phi) is 5.68. The van der Waals surface area contributed by atoms with Crippen LogP contribution in [0, 0.1) is 19.8 Å². The van der Waals surface area contributed by atoms with E-state index in [9.17, 15) is 4.79 Å². The second kappa shape index (κ2) is 7.72. The molecule has 2 rings (SSSR count). The number of nitrogens with one attached hydrogen (secondary N) is 2. The summed E-state index contributed by atoms with van der Waals surface area (Å²) in [5.74, 6) is 0.912. The van der Waals surface area contributed by atoms with Crippen LogP contribution >= 0.6 is 0 Å². The molecule has 122 valence electrons. The average Bonchev–Trinajstić information content (AvgIpc) is 2.50. The van der Waals surface area contributed by atoms with Crippen LogP contribution in [0.4, 0.5) is 11.6 Å². The molecule has 0 aliphatic carbocycles. The Bertz CT molecular complexity index is 665. The molecule has 0 bridgehead atoms. The van der Waals surface area contributed by atoms with Gasteiger partial charge in [-0.3, -0.25) is 4.79 Å². The lowest BCUT2D eigenvalue weighted by Crippen LogP contribution is -2.25. The standard InChI is InChI=1S/C18H24N4O/c1-12(2)7-8-19-17(23)15-10-20-18(21-11-15)22-16-6-5-13(3)9-14(16)4/h5-6,9-12H,7-8H2,1-4H3,(H,19,23)(H,20,21,22). The molecule has 0 saturated heterocycles. The van der Waals surface area contributed by atoms with Crippen LogP contribution in [0.5, 0.6) is 0 Å². The predicted octanol–water partition coefficient (Wildman–Crippen LogP) is 3.61. The molecule has 1 aromatic carbocycles. The van der Waals surface area contributed by atoms with Crippen molar-refractivity contribution >= 4 is 17.5 Å². The van der Waals surface area contributed by atoms with Crippen molar-refractivity contribution in [2.75, 3.05) is 11.9 Å². The van der Waals surface area contributed by atoms with E-state index in [1.54, 1.807) is 12.4 Å². The number of benzene rings is 1. The van der Waals surface area contributed by atoms with Crippen molar-refractivity contribution in [3.05, 3.63) is 47.3 Å². The Morgan fingerprint density at radius 3 is 2.48 bits per heavy atom. The molecule has 5 heteroatoms. The quantitative estimate of drug-likeness (QED) is 0.855. The van der Waals surface area contributed by atoms with Gasteiger partial charge >= 0.3 is 0 Å². The van der Waals surface area contributed by atoms with Gasteiger partial charge < -0.3 is 10.6 Å².